The Hall–Kier alpha value is -1.04. The van der Waals surface area contributed by atoms with Crippen molar-refractivity contribution in [1.82, 2.24) is 9.78 Å². The molecule has 0 aromatic carbocycles. The minimum atomic E-state index is -2.88. The van der Waals surface area contributed by atoms with Gasteiger partial charge >= 0.3 is 0 Å². The number of hydrogen-bond donors (Lipinski definition) is 0. The normalized spacial score (nSPS) is 23.8. The molecule has 0 aliphatic carbocycles. The Labute approximate surface area is 95.3 Å². The average Bonchev–Trinajstić information content (AvgIpc) is 2.73. The van der Waals surface area contributed by atoms with E-state index in [1.807, 2.05) is 13.8 Å². The zero-order valence-corrected chi connectivity index (χ0v) is 10.3. The van der Waals surface area contributed by atoms with Gasteiger partial charge in [-0.1, -0.05) is 0 Å². The van der Waals surface area contributed by atoms with E-state index in [-0.39, 0.29) is 23.7 Å². The Bertz CT molecular complexity index is 464. The number of nitrogens with zero attached hydrogens (tertiary/aromatic N) is 2. The molecule has 0 saturated carbocycles. The lowest BCUT2D eigenvalue weighted by molar-refractivity contribution is 0.228. The fourth-order valence-corrected chi connectivity index (χ4v) is 3.30. The van der Waals surface area contributed by atoms with Crippen LogP contribution in [-0.4, -0.2) is 35.8 Å². The molecule has 0 N–H and O–H groups in total. The van der Waals surface area contributed by atoms with E-state index in [9.17, 15) is 8.42 Å². The van der Waals surface area contributed by atoms with E-state index in [1.54, 1.807) is 17.1 Å². The molecule has 1 unspecified atom stereocenters. The van der Waals surface area contributed by atoms with Gasteiger partial charge in [-0.2, -0.15) is 5.10 Å². The van der Waals surface area contributed by atoms with Crippen molar-refractivity contribution in [2.75, 3.05) is 11.5 Å². The topological polar surface area (TPSA) is 61.2 Å². The number of rotatable bonds is 3. The number of ether oxygens (including phenoxy) is 1. The van der Waals surface area contributed by atoms with Gasteiger partial charge in [0.05, 0.1) is 23.9 Å². The molecule has 2 rings (SSSR count). The first kappa shape index (κ1) is 11.4. The standard InChI is InChI=1S/C10H16N2O3S/c1-8(2)12-6-10(5-11-12)15-9-3-4-16(13,14)7-9/h5-6,8-9H,3-4,7H2,1-2H3. The van der Waals surface area contributed by atoms with Gasteiger partial charge in [0.2, 0.25) is 0 Å². The maximum absolute atomic E-state index is 11.2. The molecule has 0 radical (unpaired) electrons. The zero-order valence-electron chi connectivity index (χ0n) is 9.46. The van der Waals surface area contributed by atoms with Gasteiger partial charge in [-0.25, -0.2) is 8.42 Å². The van der Waals surface area contributed by atoms with Crippen molar-refractivity contribution >= 4 is 9.84 Å². The maximum Gasteiger partial charge on any atom is 0.157 e. The quantitative estimate of drug-likeness (QED) is 0.796. The predicted molar refractivity (Wildman–Crippen MR) is 60.3 cm³/mol. The largest absolute Gasteiger partial charge is 0.486 e. The second-order valence-electron chi connectivity index (χ2n) is 4.39. The second kappa shape index (κ2) is 4.08. The van der Waals surface area contributed by atoms with E-state index in [1.165, 1.54) is 0 Å². The summed E-state index contributed by atoms with van der Waals surface area (Å²) in [5.74, 6) is 1.01. The van der Waals surface area contributed by atoms with Crippen molar-refractivity contribution in [3.63, 3.8) is 0 Å². The van der Waals surface area contributed by atoms with Crippen LogP contribution >= 0.6 is 0 Å². The van der Waals surface area contributed by atoms with Crippen LogP contribution < -0.4 is 4.74 Å². The zero-order chi connectivity index (χ0) is 11.8. The third kappa shape index (κ3) is 2.55. The van der Waals surface area contributed by atoms with Gasteiger partial charge in [-0.05, 0) is 20.3 Å². The molecule has 1 aromatic heterocycles. The molecule has 1 saturated heterocycles. The summed E-state index contributed by atoms with van der Waals surface area (Å²) in [5, 5.41) is 4.14. The van der Waals surface area contributed by atoms with E-state index in [2.05, 4.69) is 5.10 Å². The summed E-state index contributed by atoms with van der Waals surface area (Å²) in [5.41, 5.74) is 0. The van der Waals surface area contributed by atoms with Gasteiger partial charge < -0.3 is 4.74 Å². The van der Waals surface area contributed by atoms with E-state index < -0.39 is 9.84 Å². The van der Waals surface area contributed by atoms with Crippen LogP contribution in [-0.2, 0) is 9.84 Å². The van der Waals surface area contributed by atoms with Gasteiger partial charge in [0.1, 0.15) is 6.10 Å². The molecule has 2 heterocycles. The highest BCUT2D eigenvalue weighted by Crippen LogP contribution is 2.20. The molecule has 0 spiro atoms. The fourth-order valence-electron chi connectivity index (χ4n) is 1.71. The summed E-state index contributed by atoms with van der Waals surface area (Å²) in [4.78, 5) is 0. The van der Waals surface area contributed by atoms with Crippen LogP contribution in [0.2, 0.25) is 0 Å². The van der Waals surface area contributed by atoms with Crippen LogP contribution in [0.4, 0.5) is 0 Å². The van der Waals surface area contributed by atoms with Gasteiger partial charge in [-0.15, -0.1) is 0 Å². The SMILES string of the molecule is CC(C)n1cc(OC2CCS(=O)(=O)C2)cn1. The number of hydrogen-bond acceptors (Lipinski definition) is 4. The van der Waals surface area contributed by atoms with Crippen LogP contribution in [0.15, 0.2) is 12.4 Å². The molecular formula is C10H16N2O3S. The number of aromatic nitrogens is 2. The highest BCUT2D eigenvalue weighted by atomic mass is 32.2. The van der Waals surface area contributed by atoms with Gasteiger partial charge in [-0.3, -0.25) is 4.68 Å². The van der Waals surface area contributed by atoms with Crippen LogP contribution in [0.1, 0.15) is 26.3 Å². The molecule has 1 aromatic rings. The molecule has 0 bridgehead atoms. The molecule has 1 aliphatic rings. The van der Waals surface area contributed by atoms with Crippen LogP contribution in [0.3, 0.4) is 0 Å². The molecular weight excluding hydrogens is 228 g/mol. The first-order valence-electron chi connectivity index (χ1n) is 5.37. The minimum Gasteiger partial charge on any atom is -0.486 e. The van der Waals surface area contributed by atoms with Crippen molar-refractivity contribution in [2.24, 2.45) is 0 Å². The Morgan fingerprint density at radius 2 is 2.31 bits per heavy atom. The molecule has 1 atom stereocenters. The Kier molecular flexibility index (Phi) is 2.92. The molecule has 5 nitrogen and oxygen atoms in total. The van der Waals surface area contributed by atoms with Crippen molar-refractivity contribution in [1.29, 1.82) is 0 Å². The third-order valence-electron chi connectivity index (χ3n) is 2.60. The maximum atomic E-state index is 11.2. The molecule has 6 heteroatoms. The second-order valence-corrected chi connectivity index (χ2v) is 6.62. The Morgan fingerprint density at radius 1 is 1.56 bits per heavy atom. The third-order valence-corrected chi connectivity index (χ3v) is 4.34. The first-order valence-corrected chi connectivity index (χ1v) is 7.20. The van der Waals surface area contributed by atoms with Crippen molar-refractivity contribution in [2.45, 2.75) is 32.4 Å². The summed E-state index contributed by atoms with van der Waals surface area (Å²) >= 11 is 0. The van der Waals surface area contributed by atoms with Crippen molar-refractivity contribution < 1.29 is 13.2 Å². The van der Waals surface area contributed by atoms with Crippen molar-refractivity contribution in [3.8, 4) is 5.75 Å². The molecule has 0 amide bonds. The highest BCUT2D eigenvalue weighted by molar-refractivity contribution is 7.91. The van der Waals surface area contributed by atoms with Crippen molar-refractivity contribution in [3.05, 3.63) is 12.4 Å². The van der Waals surface area contributed by atoms with E-state index in [0.717, 1.165) is 0 Å². The Balaban J connectivity index is 2.00. The molecule has 90 valence electrons. The molecule has 16 heavy (non-hydrogen) atoms. The minimum absolute atomic E-state index is 0.125. The van der Waals surface area contributed by atoms with Gasteiger partial charge in [0.25, 0.3) is 0 Å². The van der Waals surface area contributed by atoms with Gasteiger partial charge in [0, 0.05) is 6.04 Å². The summed E-state index contributed by atoms with van der Waals surface area (Å²) in [7, 11) is -2.88. The lowest BCUT2D eigenvalue weighted by Gasteiger charge is -2.09. The van der Waals surface area contributed by atoms with E-state index >= 15 is 0 Å². The van der Waals surface area contributed by atoms with Crippen LogP contribution in [0, 0.1) is 0 Å². The number of sulfone groups is 1. The summed E-state index contributed by atoms with van der Waals surface area (Å²) in [6.07, 6.45) is 3.80. The molecule has 1 aliphatic heterocycles. The van der Waals surface area contributed by atoms with E-state index in [0.29, 0.717) is 12.2 Å². The average molecular weight is 244 g/mol. The smallest absolute Gasteiger partial charge is 0.157 e. The molecule has 1 fully saturated rings. The fraction of sp³-hybridized carbons (Fsp3) is 0.700. The first-order chi connectivity index (χ1) is 7.46. The lowest BCUT2D eigenvalue weighted by Crippen LogP contribution is -2.17. The highest BCUT2D eigenvalue weighted by Gasteiger charge is 2.29. The van der Waals surface area contributed by atoms with Gasteiger partial charge in [0.15, 0.2) is 15.6 Å². The Morgan fingerprint density at radius 3 is 2.81 bits per heavy atom. The summed E-state index contributed by atoms with van der Waals surface area (Å²) < 4.78 is 29.9. The predicted octanol–water partition coefficient (Wildman–Crippen LogP) is 1.03. The summed E-state index contributed by atoms with van der Waals surface area (Å²) in [6, 6.07) is 0.282. The monoisotopic (exact) mass is 244 g/mol. The van der Waals surface area contributed by atoms with Crippen LogP contribution in [0.5, 0.6) is 5.75 Å². The van der Waals surface area contributed by atoms with Crippen LogP contribution in [0.25, 0.3) is 0 Å². The van der Waals surface area contributed by atoms with E-state index in [4.69, 9.17) is 4.74 Å². The summed E-state index contributed by atoms with van der Waals surface area (Å²) in [6.45, 7) is 4.05. The lowest BCUT2D eigenvalue weighted by atomic mass is 10.3.